The third kappa shape index (κ3) is 11.5. The number of aliphatic hydroxyl groups excluding tert-OH is 6. The van der Waals surface area contributed by atoms with Gasteiger partial charge in [-0.1, -0.05) is 32.6 Å². The van der Waals surface area contributed by atoms with E-state index in [4.69, 9.17) is 9.47 Å². The van der Waals surface area contributed by atoms with Gasteiger partial charge in [-0.05, 0) is 19.3 Å². The van der Waals surface area contributed by atoms with Crippen LogP contribution in [0.25, 0.3) is 0 Å². The molecule has 1 fully saturated rings. The molecule has 1 aliphatic heterocycles. The highest BCUT2D eigenvalue weighted by atomic mass is 16.7. The second-order valence-corrected chi connectivity index (χ2v) is 9.03. The van der Waals surface area contributed by atoms with Gasteiger partial charge in [-0.2, -0.15) is 0 Å². The van der Waals surface area contributed by atoms with E-state index in [2.05, 4.69) is 10.6 Å². The second-order valence-electron chi connectivity index (χ2n) is 9.03. The molecule has 2 unspecified atom stereocenters. The molecular weight excluding hydrogens is 464 g/mol. The maximum Gasteiger partial charge on any atom is 0.220 e. The van der Waals surface area contributed by atoms with E-state index in [1.165, 1.54) is 6.92 Å². The van der Waals surface area contributed by atoms with Crippen LogP contribution in [0.1, 0.15) is 65.2 Å². The molecule has 35 heavy (non-hydrogen) atoms. The third-order valence-electron chi connectivity index (χ3n) is 6.06. The highest BCUT2D eigenvalue weighted by Gasteiger charge is 2.44. The molecule has 1 heterocycles. The van der Waals surface area contributed by atoms with E-state index in [1.54, 1.807) is 6.92 Å². The maximum absolute atomic E-state index is 12.4. The Morgan fingerprint density at radius 2 is 1.60 bits per heavy atom. The van der Waals surface area contributed by atoms with Crippen LogP contribution >= 0.6 is 0 Å². The average Bonchev–Trinajstić information content (AvgIpc) is 2.83. The van der Waals surface area contributed by atoms with Gasteiger partial charge in [0, 0.05) is 19.9 Å². The number of rotatable bonds is 17. The van der Waals surface area contributed by atoms with Crippen LogP contribution in [0.15, 0.2) is 0 Å². The van der Waals surface area contributed by atoms with Crippen molar-refractivity contribution in [3.05, 3.63) is 0 Å². The first-order chi connectivity index (χ1) is 16.6. The quantitative estimate of drug-likeness (QED) is 0.105. The lowest BCUT2D eigenvalue weighted by Gasteiger charge is -2.40. The Morgan fingerprint density at radius 3 is 2.20 bits per heavy atom. The predicted molar refractivity (Wildman–Crippen MR) is 125 cm³/mol. The van der Waals surface area contributed by atoms with E-state index >= 15 is 0 Å². The van der Waals surface area contributed by atoms with Crippen molar-refractivity contribution in [3.8, 4) is 0 Å². The zero-order chi connectivity index (χ0) is 26.4. The molecule has 1 rings (SSSR count). The lowest BCUT2D eigenvalue weighted by Crippen LogP contribution is -2.60. The van der Waals surface area contributed by atoms with Gasteiger partial charge in [0.15, 0.2) is 6.29 Å². The van der Waals surface area contributed by atoms with Crippen molar-refractivity contribution in [3.63, 3.8) is 0 Å². The second kappa shape index (κ2) is 17.1. The SMILES string of the molecule is CC[C@@H](O)[C@@H](O)[C@H](CO[C@H]1OC(CO)[C@H](O)[C@H](O)C1O)NC(=O)CCCCCCCCNC(C)=O. The van der Waals surface area contributed by atoms with Crippen molar-refractivity contribution in [1.82, 2.24) is 10.6 Å². The molecule has 8 atom stereocenters. The smallest absolute Gasteiger partial charge is 0.220 e. The van der Waals surface area contributed by atoms with Crippen molar-refractivity contribution in [2.24, 2.45) is 0 Å². The molecule has 8 N–H and O–H groups in total. The van der Waals surface area contributed by atoms with E-state index in [9.17, 15) is 40.2 Å². The van der Waals surface area contributed by atoms with E-state index in [-0.39, 0.29) is 31.3 Å². The topological polar surface area (TPSA) is 198 Å². The summed E-state index contributed by atoms with van der Waals surface area (Å²) >= 11 is 0. The summed E-state index contributed by atoms with van der Waals surface area (Å²) in [7, 11) is 0. The molecule has 0 aromatic carbocycles. The van der Waals surface area contributed by atoms with Crippen LogP contribution in [0.3, 0.4) is 0 Å². The van der Waals surface area contributed by atoms with Crippen molar-refractivity contribution in [2.45, 2.75) is 114 Å². The Hall–Kier alpha value is -1.38. The van der Waals surface area contributed by atoms with Crippen LogP contribution in [-0.4, -0.2) is 111 Å². The van der Waals surface area contributed by atoms with Crippen molar-refractivity contribution < 1.29 is 49.7 Å². The predicted octanol–water partition coefficient (Wildman–Crippen LogP) is -1.71. The summed E-state index contributed by atoms with van der Waals surface area (Å²) in [6.45, 7) is 2.86. The first kappa shape index (κ1) is 31.6. The fourth-order valence-electron chi connectivity index (χ4n) is 3.80. The van der Waals surface area contributed by atoms with Gasteiger partial charge in [-0.25, -0.2) is 0 Å². The van der Waals surface area contributed by atoms with Crippen LogP contribution in [0, 0.1) is 0 Å². The van der Waals surface area contributed by atoms with Gasteiger partial charge in [0.1, 0.15) is 30.5 Å². The first-order valence-corrected chi connectivity index (χ1v) is 12.4. The van der Waals surface area contributed by atoms with Gasteiger partial charge < -0.3 is 50.7 Å². The summed E-state index contributed by atoms with van der Waals surface area (Å²) in [5.74, 6) is -0.370. The molecule has 0 aromatic rings. The fourth-order valence-corrected chi connectivity index (χ4v) is 3.80. The lowest BCUT2D eigenvalue weighted by atomic mass is 9.99. The molecule has 12 heteroatoms. The van der Waals surface area contributed by atoms with Crippen LogP contribution in [0.5, 0.6) is 0 Å². The van der Waals surface area contributed by atoms with Crippen LogP contribution in [-0.2, 0) is 19.1 Å². The zero-order valence-electron chi connectivity index (χ0n) is 20.7. The molecular formula is C23H44N2O10. The van der Waals surface area contributed by atoms with E-state index in [0.717, 1.165) is 32.1 Å². The number of carbonyl (C=O) groups is 2. The van der Waals surface area contributed by atoms with Gasteiger partial charge in [0.05, 0.1) is 25.4 Å². The molecule has 12 nitrogen and oxygen atoms in total. The van der Waals surface area contributed by atoms with E-state index in [1.807, 2.05) is 0 Å². The van der Waals surface area contributed by atoms with E-state index in [0.29, 0.717) is 13.0 Å². The highest BCUT2D eigenvalue weighted by molar-refractivity contribution is 5.76. The minimum atomic E-state index is -1.62. The van der Waals surface area contributed by atoms with Gasteiger partial charge in [-0.15, -0.1) is 0 Å². The minimum absolute atomic E-state index is 0.0375. The van der Waals surface area contributed by atoms with Gasteiger partial charge >= 0.3 is 0 Å². The standard InChI is InChI=1S/C23H44N2O10/c1-3-16(28)19(30)15(13-34-23-22(33)21(32)20(31)17(12-26)35-23)25-18(29)10-8-6-4-5-7-9-11-24-14(2)27/h15-17,19-23,26,28,30-33H,3-13H2,1-2H3,(H,24,27)(H,25,29)/t15-,16+,17?,19-,20-,21-,22?,23-/m0/s1. The molecule has 0 aromatic heterocycles. The normalized spacial score (nSPS) is 27.1. The molecule has 0 aliphatic carbocycles. The average molecular weight is 509 g/mol. The Bertz CT molecular complexity index is 609. The number of ether oxygens (including phenoxy) is 2. The molecule has 0 bridgehead atoms. The first-order valence-electron chi connectivity index (χ1n) is 12.4. The van der Waals surface area contributed by atoms with Gasteiger partial charge in [0.25, 0.3) is 0 Å². The van der Waals surface area contributed by atoms with Gasteiger partial charge in [-0.3, -0.25) is 9.59 Å². The van der Waals surface area contributed by atoms with Crippen molar-refractivity contribution in [1.29, 1.82) is 0 Å². The van der Waals surface area contributed by atoms with Crippen LogP contribution < -0.4 is 10.6 Å². The number of amides is 2. The number of hydrogen-bond acceptors (Lipinski definition) is 10. The van der Waals surface area contributed by atoms with Crippen LogP contribution in [0.4, 0.5) is 0 Å². The fraction of sp³-hybridized carbons (Fsp3) is 0.913. The zero-order valence-corrected chi connectivity index (χ0v) is 20.7. The van der Waals surface area contributed by atoms with Crippen molar-refractivity contribution >= 4 is 11.8 Å². The lowest BCUT2D eigenvalue weighted by molar-refractivity contribution is -0.303. The number of nitrogens with one attached hydrogen (secondary N) is 2. The molecule has 0 radical (unpaired) electrons. The van der Waals surface area contributed by atoms with Gasteiger partial charge in [0.2, 0.25) is 11.8 Å². The number of aliphatic hydroxyl groups is 6. The Morgan fingerprint density at radius 1 is 0.971 bits per heavy atom. The Balaban J connectivity index is 2.48. The summed E-state index contributed by atoms with van der Waals surface area (Å²) in [5.41, 5.74) is 0. The molecule has 0 saturated carbocycles. The molecule has 1 saturated heterocycles. The Kier molecular flexibility index (Phi) is 15.5. The number of hydrogen-bond donors (Lipinski definition) is 8. The monoisotopic (exact) mass is 508 g/mol. The largest absolute Gasteiger partial charge is 0.394 e. The summed E-state index contributed by atoms with van der Waals surface area (Å²) in [4.78, 5) is 23.2. The molecule has 206 valence electrons. The van der Waals surface area contributed by atoms with Crippen LogP contribution in [0.2, 0.25) is 0 Å². The third-order valence-corrected chi connectivity index (χ3v) is 6.06. The summed E-state index contributed by atoms with van der Waals surface area (Å²) in [6, 6.07) is -1.02. The molecule has 0 spiro atoms. The minimum Gasteiger partial charge on any atom is -0.394 e. The molecule has 2 amide bonds. The Labute approximate surface area is 206 Å². The maximum atomic E-state index is 12.4. The number of carbonyl (C=O) groups excluding carboxylic acids is 2. The molecule has 1 aliphatic rings. The summed E-state index contributed by atoms with van der Waals surface area (Å²) < 4.78 is 10.7. The van der Waals surface area contributed by atoms with Crippen molar-refractivity contribution in [2.75, 3.05) is 19.8 Å². The van der Waals surface area contributed by atoms with E-state index < -0.39 is 55.6 Å². The highest BCUT2D eigenvalue weighted by Crippen LogP contribution is 2.22. The summed E-state index contributed by atoms with van der Waals surface area (Å²) in [5, 5.41) is 65.1. The summed E-state index contributed by atoms with van der Waals surface area (Å²) in [6.07, 6.45) is -4.01. The number of unbranched alkanes of at least 4 members (excludes halogenated alkanes) is 5.